The highest BCUT2D eigenvalue weighted by Gasteiger charge is 2.31. The summed E-state index contributed by atoms with van der Waals surface area (Å²) in [6.45, 7) is 4.42. The van der Waals surface area contributed by atoms with Crippen molar-refractivity contribution in [2.45, 2.75) is 167 Å². The van der Waals surface area contributed by atoms with Crippen LogP contribution in [-0.2, 0) is 28.6 Å². The molecule has 57 heavy (non-hydrogen) atoms. The van der Waals surface area contributed by atoms with Crippen molar-refractivity contribution >= 4 is 17.9 Å². The maximum absolute atomic E-state index is 12.7. The van der Waals surface area contributed by atoms with E-state index in [0.717, 1.165) is 77.0 Å². The van der Waals surface area contributed by atoms with E-state index in [2.05, 4.69) is 98.9 Å². The fraction of sp³-hybridized carbons (Fsp3) is 0.653. The van der Waals surface area contributed by atoms with Gasteiger partial charge in [0.2, 0.25) is 0 Å². The Kier molecular flexibility index (Phi) is 36.9. The molecule has 0 saturated carbocycles. The molecular weight excluding hydrogens is 715 g/mol. The van der Waals surface area contributed by atoms with Crippen LogP contribution < -0.4 is 0 Å². The molecule has 0 saturated heterocycles. The average Bonchev–Trinajstić information content (AvgIpc) is 3.17. The van der Waals surface area contributed by atoms with Crippen LogP contribution in [0.15, 0.2) is 85.1 Å². The molecule has 0 aliphatic heterocycles. The summed E-state index contributed by atoms with van der Waals surface area (Å²) in [5.41, 5.74) is 0. The van der Waals surface area contributed by atoms with Crippen LogP contribution in [-0.4, -0.2) is 80.6 Å². The zero-order valence-electron chi connectivity index (χ0n) is 36.8. The molecule has 0 fully saturated rings. The van der Waals surface area contributed by atoms with Crippen molar-refractivity contribution in [2.24, 2.45) is 0 Å². The Labute approximate surface area is 348 Å². The number of carbonyl (C=O) groups is 3. The van der Waals surface area contributed by atoms with Crippen LogP contribution >= 0.6 is 0 Å². The lowest BCUT2D eigenvalue weighted by Gasteiger charge is -2.31. The zero-order valence-corrected chi connectivity index (χ0v) is 36.8. The molecule has 0 amide bonds. The van der Waals surface area contributed by atoms with E-state index in [-0.39, 0.29) is 42.7 Å². The van der Waals surface area contributed by atoms with Crippen LogP contribution in [0.3, 0.4) is 0 Å². The van der Waals surface area contributed by atoms with Gasteiger partial charge in [-0.2, -0.15) is 0 Å². The summed E-state index contributed by atoms with van der Waals surface area (Å²) < 4.78 is 17.2. The molecular formula is C49H82NO7+. The van der Waals surface area contributed by atoms with Gasteiger partial charge in [-0.15, -0.1) is 0 Å². The van der Waals surface area contributed by atoms with E-state index in [4.69, 9.17) is 14.2 Å². The van der Waals surface area contributed by atoms with E-state index < -0.39 is 18.1 Å². The third-order valence-corrected chi connectivity index (χ3v) is 9.29. The lowest BCUT2D eigenvalue weighted by atomic mass is 10.1. The standard InChI is InChI=1S/C49H81NO7/c1-6-8-10-12-14-16-18-19-20-21-22-23-24-25-26-27-28-30-32-34-36-38-40-48(52)57-45(43-55-42-41-46(49(53)54)50(3,4)5)44-56-47(51)39-37-35-33-31-29-17-15-13-11-9-7-2/h8-11,14-17,19-20,22-23,31,33,45-46H,6-7,12-13,18,21,24-30,32,34-44H2,1-5H3/p+1/b10-8+,11-9+,16-14+,17-15+,20-19+,23-22+,33-31+. The summed E-state index contributed by atoms with van der Waals surface area (Å²) in [6.07, 6.45) is 50.7. The number of carbonyl (C=O) groups excluding carboxylic acids is 2. The Morgan fingerprint density at radius 1 is 0.526 bits per heavy atom. The first-order chi connectivity index (χ1) is 27.6. The monoisotopic (exact) mass is 797 g/mol. The number of ether oxygens (including phenoxy) is 3. The maximum atomic E-state index is 12.7. The normalized spacial score (nSPS) is 13.8. The molecule has 0 aromatic carbocycles. The highest BCUT2D eigenvalue weighted by molar-refractivity contribution is 5.72. The second-order valence-corrected chi connectivity index (χ2v) is 15.5. The predicted molar refractivity (Wildman–Crippen MR) is 238 cm³/mol. The first-order valence-electron chi connectivity index (χ1n) is 22.1. The molecule has 0 aliphatic rings. The smallest absolute Gasteiger partial charge is 0.362 e. The number of unbranched alkanes of at least 4 members (excludes halogenated alkanes) is 10. The summed E-state index contributed by atoms with van der Waals surface area (Å²) in [4.78, 5) is 36.9. The van der Waals surface area contributed by atoms with Crippen molar-refractivity contribution in [2.75, 3.05) is 41.0 Å². The Bertz CT molecular complexity index is 1200. The molecule has 0 aromatic rings. The second kappa shape index (κ2) is 39.3. The van der Waals surface area contributed by atoms with Gasteiger partial charge in [0.25, 0.3) is 0 Å². The zero-order chi connectivity index (χ0) is 42.1. The van der Waals surface area contributed by atoms with Crippen LogP contribution in [0.25, 0.3) is 0 Å². The molecule has 8 nitrogen and oxygen atoms in total. The van der Waals surface area contributed by atoms with E-state index in [1.54, 1.807) is 0 Å². The molecule has 1 N–H and O–H groups in total. The SMILES string of the molecule is CC/C=C/C/C=C/C/C=C/C/C=C/CCCCCCCCCCCC(=O)OC(COCCC(C(=O)O)[N+](C)(C)C)COC(=O)CCC/C=C/C/C=C/C/C=C/CC. The summed E-state index contributed by atoms with van der Waals surface area (Å²) >= 11 is 0. The largest absolute Gasteiger partial charge is 0.477 e. The number of rotatable bonds is 38. The third kappa shape index (κ3) is 37.8. The average molecular weight is 797 g/mol. The molecule has 0 rings (SSSR count). The predicted octanol–water partition coefficient (Wildman–Crippen LogP) is 12.1. The van der Waals surface area contributed by atoms with Crippen LogP contribution in [0.2, 0.25) is 0 Å². The minimum absolute atomic E-state index is 0.0381. The second-order valence-electron chi connectivity index (χ2n) is 15.5. The minimum atomic E-state index is -0.886. The lowest BCUT2D eigenvalue weighted by molar-refractivity contribution is -0.887. The van der Waals surface area contributed by atoms with Gasteiger partial charge in [0.05, 0.1) is 34.4 Å². The molecule has 324 valence electrons. The summed E-state index contributed by atoms with van der Waals surface area (Å²) in [6, 6.07) is -0.626. The number of quaternary nitrogens is 1. The Morgan fingerprint density at radius 2 is 0.947 bits per heavy atom. The number of esters is 2. The molecule has 0 aliphatic carbocycles. The maximum Gasteiger partial charge on any atom is 0.362 e. The fourth-order valence-electron chi connectivity index (χ4n) is 5.93. The van der Waals surface area contributed by atoms with E-state index in [9.17, 15) is 19.5 Å². The number of aliphatic carboxylic acids is 1. The van der Waals surface area contributed by atoms with Gasteiger partial charge in [-0.1, -0.05) is 144 Å². The molecule has 0 bridgehead atoms. The van der Waals surface area contributed by atoms with Crippen molar-refractivity contribution in [3.05, 3.63) is 85.1 Å². The first-order valence-corrected chi connectivity index (χ1v) is 22.1. The van der Waals surface area contributed by atoms with Gasteiger partial charge in [0, 0.05) is 19.3 Å². The number of nitrogens with zero attached hydrogens (tertiary/aromatic N) is 1. The quantitative estimate of drug-likeness (QED) is 0.0287. The van der Waals surface area contributed by atoms with E-state index in [0.29, 0.717) is 19.3 Å². The molecule has 8 heteroatoms. The Balaban J connectivity index is 4.34. The van der Waals surface area contributed by atoms with E-state index >= 15 is 0 Å². The fourth-order valence-corrected chi connectivity index (χ4v) is 5.93. The van der Waals surface area contributed by atoms with Gasteiger partial charge in [-0.05, 0) is 77.0 Å². The number of hydrogen-bond donors (Lipinski definition) is 1. The van der Waals surface area contributed by atoms with Crippen LogP contribution in [0.4, 0.5) is 0 Å². The number of carboxylic acids is 1. The van der Waals surface area contributed by atoms with Crippen LogP contribution in [0.1, 0.15) is 155 Å². The number of carboxylic acid groups (broad SMARTS) is 1. The summed E-state index contributed by atoms with van der Waals surface area (Å²) in [7, 11) is 5.50. The van der Waals surface area contributed by atoms with Gasteiger partial charge in [-0.3, -0.25) is 9.59 Å². The van der Waals surface area contributed by atoms with Crippen LogP contribution in [0.5, 0.6) is 0 Å². The van der Waals surface area contributed by atoms with Crippen molar-refractivity contribution in [1.29, 1.82) is 0 Å². The minimum Gasteiger partial charge on any atom is -0.477 e. The highest BCUT2D eigenvalue weighted by atomic mass is 16.6. The molecule has 2 atom stereocenters. The summed E-state index contributed by atoms with van der Waals surface area (Å²) in [5.74, 6) is -1.56. The van der Waals surface area contributed by atoms with Gasteiger partial charge in [0.15, 0.2) is 12.1 Å². The van der Waals surface area contributed by atoms with Crippen molar-refractivity contribution in [3.8, 4) is 0 Å². The number of likely N-dealkylation sites (N-methyl/N-ethyl adjacent to an activating group) is 1. The Hall–Kier alpha value is -3.49. The number of hydrogen-bond acceptors (Lipinski definition) is 6. The van der Waals surface area contributed by atoms with Crippen LogP contribution in [0, 0.1) is 0 Å². The van der Waals surface area contributed by atoms with Crippen molar-refractivity contribution < 1.29 is 38.2 Å². The van der Waals surface area contributed by atoms with Gasteiger partial charge in [-0.25, -0.2) is 4.79 Å². The van der Waals surface area contributed by atoms with Crippen molar-refractivity contribution in [1.82, 2.24) is 0 Å². The number of allylic oxidation sites excluding steroid dienone is 14. The first kappa shape index (κ1) is 53.5. The van der Waals surface area contributed by atoms with E-state index in [1.165, 1.54) is 38.5 Å². The third-order valence-electron chi connectivity index (χ3n) is 9.29. The lowest BCUT2D eigenvalue weighted by Crippen LogP contribution is -2.50. The molecule has 0 heterocycles. The molecule has 2 unspecified atom stereocenters. The van der Waals surface area contributed by atoms with Crippen molar-refractivity contribution in [3.63, 3.8) is 0 Å². The topological polar surface area (TPSA) is 99.1 Å². The van der Waals surface area contributed by atoms with Gasteiger partial charge >= 0.3 is 17.9 Å². The Morgan fingerprint density at radius 3 is 1.42 bits per heavy atom. The highest BCUT2D eigenvalue weighted by Crippen LogP contribution is 2.13. The summed E-state index contributed by atoms with van der Waals surface area (Å²) in [5, 5.41) is 9.61. The molecule has 0 radical (unpaired) electrons. The van der Waals surface area contributed by atoms with Gasteiger partial charge < -0.3 is 23.8 Å². The van der Waals surface area contributed by atoms with E-state index in [1.807, 2.05) is 21.1 Å². The van der Waals surface area contributed by atoms with Gasteiger partial charge in [0.1, 0.15) is 6.61 Å². The molecule has 0 aromatic heterocycles. The molecule has 0 spiro atoms.